The van der Waals surface area contributed by atoms with Crippen molar-refractivity contribution in [2.75, 3.05) is 7.11 Å². The van der Waals surface area contributed by atoms with Crippen LogP contribution in [0, 0.1) is 0 Å². The Kier molecular flexibility index (Phi) is 5.23. The lowest BCUT2D eigenvalue weighted by molar-refractivity contribution is 0.240. The van der Waals surface area contributed by atoms with Crippen LogP contribution in [-0.4, -0.2) is 13.2 Å². The summed E-state index contributed by atoms with van der Waals surface area (Å²) in [7, 11) is 1.62. The van der Waals surface area contributed by atoms with Gasteiger partial charge in [0, 0.05) is 11.1 Å². The summed E-state index contributed by atoms with van der Waals surface area (Å²) in [6, 6.07) is 3.77. The lowest BCUT2D eigenvalue weighted by Crippen LogP contribution is -2.08. The number of rotatable bonds is 5. The summed E-state index contributed by atoms with van der Waals surface area (Å²) in [6.07, 6.45) is 0.110. The molecule has 90 valence electrons. The fourth-order valence-electron chi connectivity index (χ4n) is 1.41. The predicted molar refractivity (Wildman–Crippen MR) is 67.9 cm³/mol. The van der Waals surface area contributed by atoms with Crippen LogP contribution >= 0.6 is 23.2 Å². The molecular formula is C12H16Cl2O2. The normalized spacial score (nSPS) is 10.6. The van der Waals surface area contributed by atoms with E-state index in [1.807, 2.05) is 26.0 Å². The van der Waals surface area contributed by atoms with Gasteiger partial charge in [0.15, 0.2) is 0 Å². The molecule has 0 saturated heterocycles. The van der Waals surface area contributed by atoms with Gasteiger partial charge in [-0.1, -0.05) is 0 Å². The minimum Gasteiger partial charge on any atom is -0.496 e. The molecule has 0 radical (unpaired) electrons. The van der Waals surface area contributed by atoms with Crippen molar-refractivity contribution in [3.05, 3.63) is 23.3 Å². The number of ether oxygens (including phenoxy) is 2. The van der Waals surface area contributed by atoms with E-state index in [2.05, 4.69) is 0 Å². The maximum absolute atomic E-state index is 5.87. The fraction of sp³-hybridized carbons (Fsp3) is 0.500. The van der Waals surface area contributed by atoms with E-state index in [-0.39, 0.29) is 6.10 Å². The Hall–Kier alpha value is -0.600. The lowest BCUT2D eigenvalue weighted by Gasteiger charge is -2.16. The number of halogens is 2. The van der Waals surface area contributed by atoms with Crippen LogP contribution in [0.25, 0.3) is 0 Å². The topological polar surface area (TPSA) is 18.5 Å². The molecule has 0 saturated carbocycles. The van der Waals surface area contributed by atoms with Crippen LogP contribution in [0.4, 0.5) is 0 Å². The molecule has 0 bridgehead atoms. The van der Waals surface area contributed by atoms with Crippen molar-refractivity contribution in [3.63, 3.8) is 0 Å². The molecule has 0 aliphatic rings. The van der Waals surface area contributed by atoms with E-state index in [4.69, 9.17) is 32.7 Å². The maximum Gasteiger partial charge on any atom is 0.124 e. The van der Waals surface area contributed by atoms with Gasteiger partial charge in [0.2, 0.25) is 0 Å². The number of hydrogen-bond acceptors (Lipinski definition) is 2. The van der Waals surface area contributed by atoms with Gasteiger partial charge in [-0.05, 0) is 26.0 Å². The summed E-state index contributed by atoms with van der Waals surface area (Å²) < 4.78 is 10.9. The van der Waals surface area contributed by atoms with Gasteiger partial charge in [-0.3, -0.25) is 0 Å². The zero-order valence-electron chi connectivity index (χ0n) is 9.72. The van der Waals surface area contributed by atoms with Crippen LogP contribution in [0.2, 0.25) is 0 Å². The minimum absolute atomic E-state index is 0.110. The van der Waals surface area contributed by atoms with Crippen molar-refractivity contribution in [3.8, 4) is 11.5 Å². The van der Waals surface area contributed by atoms with Crippen LogP contribution < -0.4 is 9.47 Å². The first-order chi connectivity index (χ1) is 7.62. The Labute approximate surface area is 106 Å². The molecule has 0 aromatic heterocycles. The summed E-state index contributed by atoms with van der Waals surface area (Å²) in [4.78, 5) is 0. The number of alkyl halides is 2. The van der Waals surface area contributed by atoms with Crippen molar-refractivity contribution in [1.82, 2.24) is 0 Å². The zero-order valence-corrected chi connectivity index (χ0v) is 11.2. The maximum atomic E-state index is 5.87. The van der Waals surface area contributed by atoms with Crippen LogP contribution in [0.3, 0.4) is 0 Å². The quantitative estimate of drug-likeness (QED) is 0.748. The Bertz CT molecular complexity index is 351. The van der Waals surface area contributed by atoms with Gasteiger partial charge < -0.3 is 9.47 Å². The molecule has 1 aromatic carbocycles. The van der Waals surface area contributed by atoms with E-state index >= 15 is 0 Å². The van der Waals surface area contributed by atoms with Gasteiger partial charge in [-0.15, -0.1) is 23.2 Å². The van der Waals surface area contributed by atoms with Crippen LogP contribution in [0.1, 0.15) is 25.0 Å². The largest absolute Gasteiger partial charge is 0.496 e. The second kappa shape index (κ2) is 6.21. The van der Waals surface area contributed by atoms with Crippen LogP contribution in [0.15, 0.2) is 12.1 Å². The molecule has 0 aliphatic heterocycles. The molecular weight excluding hydrogens is 247 g/mol. The Morgan fingerprint density at radius 3 is 2.00 bits per heavy atom. The highest BCUT2D eigenvalue weighted by atomic mass is 35.5. The third-order valence-electron chi connectivity index (χ3n) is 2.11. The Balaban J connectivity index is 3.15. The molecule has 1 aromatic rings. The zero-order chi connectivity index (χ0) is 12.1. The molecule has 0 amide bonds. The van der Waals surface area contributed by atoms with Gasteiger partial charge in [-0.25, -0.2) is 0 Å². The van der Waals surface area contributed by atoms with E-state index in [1.165, 1.54) is 0 Å². The molecule has 0 unspecified atom stereocenters. The summed E-state index contributed by atoms with van der Waals surface area (Å²) in [5.41, 5.74) is 1.83. The third kappa shape index (κ3) is 3.19. The highest BCUT2D eigenvalue weighted by Gasteiger charge is 2.11. The molecule has 1 rings (SSSR count). The molecule has 4 heteroatoms. The number of hydrogen-bond donors (Lipinski definition) is 0. The fourth-order valence-corrected chi connectivity index (χ4v) is 1.82. The van der Waals surface area contributed by atoms with Gasteiger partial charge in [0.1, 0.15) is 11.5 Å². The summed E-state index contributed by atoms with van der Waals surface area (Å²) in [6.45, 7) is 3.95. The summed E-state index contributed by atoms with van der Waals surface area (Å²) >= 11 is 11.7. The van der Waals surface area contributed by atoms with Crippen molar-refractivity contribution in [1.29, 1.82) is 0 Å². The highest BCUT2D eigenvalue weighted by molar-refractivity contribution is 6.18. The van der Waals surface area contributed by atoms with Gasteiger partial charge in [0.05, 0.1) is 25.0 Å². The van der Waals surface area contributed by atoms with Crippen LogP contribution in [0.5, 0.6) is 11.5 Å². The minimum atomic E-state index is 0.110. The Morgan fingerprint density at radius 1 is 1.06 bits per heavy atom. The second-order valence-corrected chi connectivity index (χ2v) is 4.24. The predicted octanol–water partition coefficient (Wildman–Crippen LogP) is 3.96. The smallest absolute Gasteiger partial charge is 0.124 e. The second-order valence-electron chi connectivity index (χ2n) is 3.71. The van der Waals surface area contributed by atoms with Crippen molar-refractivity contribution >= 4 is 23.2 Å². The first-order valence-electron chi connectivity index (χ1n) is 5.10. The first-order valence-corrected chi connectivity index (χ1v) is 6.17. The molecule has 16 heavy (non-hydrogen) atoms. The lowest BCUT2D eigenvalue weighted by atomic mass is 10.1. The van der Waals surface area contributed by atoms with Crippen molar-refractivity contribution < 1.29 is 9.47 Å². The van der Waals surface area contributed by atoms with Crippen molar-refractivity contribution in [2.24, 2.45) is 0 Å². The third-order valence-corrected chi connectivity index (χ3v) is 2.69. The van der Waals surface area contributed by atoms with Crippen molar-refractivity contribution in [2.45, 2.75) is 31.7 Å². The van der Waals surface area contributed by atoms with E-state index in [9.17, 15) is 0 Å². The summed E-state index contributed by atoms with van der Waals surface area (Å²) in [5.74, 6) is 2.31. The van der Waals surface area contributed by atoms with Gasteiger partial charge in [-0.2, -0.15) is 0 Å². The molecule has 2 nitrogen and oxygen atoms in total. The van der Waals surface area contributed by atoms with E-state index in [0.717, 1.165) is 22.6 Å². The van der Waals surface area contributed by atoms with Gasteiger partial charge in [0.25, 0.3) is 0 Å². The van der Waals surface area contributed by atoms with Crippen LogP contribution in [-0.2, 0) is 11.8 Å². The molecule has 0 heterocycles. The highest BCUT2D eigenvalue weighted by Crippen LogP contribution is 2.31. The average molecular weight is 263 g/mol. The average Bonchev–Trinajstić information content (AvgIpc) is 2.27. The monoisotopic (exact) mass is 262 g/mol. The first kappa shape index (κ1) is 13.5. The SMILES string of the molecule is COc1cc(CCl)c(OC(C)C)cc1CCl. The molecule has 0 atom stereocenters. The molecule has 0 aliphatic carbocycles. The molecule has 0 spiro atoms. The number of methoxy groups -OCH3 is 1. The Morgan fingerprint density at radius 2 is 1.56 bits per heavy atom. The molecule has 0 N–H and O–H groups in total. The number of benzene rings is 1. The van der Waals surface area contributed by atoms with Gasteiger partial charge >= 0.3 is 0 Å². The van der Waals surface area contributed by atoms with E-state index < -0.39 is 0 Å². The van der Waals surface area contributed by atoms with E-state index in [1.54, 1.807) is 7.11 Å². The molecule has 0 fully saturated rings. The summed E-state index contributed by atoms with van der Waals surface area (Å²) in [5, 5.41) is 0. The standard InChI is InChI=1S/C12H16Cl2O2/c1-8(2)16-12-5-9(6-13)11(15-3)4-10(12)7-14/h4-5,8H,6-7H2,1-3H3. The van der Waals surface area contributed by atoms with E-state index in [0.29, 0.717) is 11.8 Å².